The highest BCUT2D eigenvalue weighted by Gasteiger charge is 2.44. The number of hydrogen-bond donors (Lipinski definition) is 0. The molecule has 2 amide bonds. The molecule has 2 aliphatic heterocycles. The van der Waals surface area contributed by atoms with Crippen molar-refractivity contribution in [1.29, 1.82) is 0 Å². The number of anilines is 2. The van der Waals surface area contributed by atoms with E-state index < -0.39 is 16.1 Å². The molecule has 3 aromatic rings. The molecular weight excluding hydrogens is 519 g/mol. The molecule has 0 aliphatic carbocycles. The van der Waals surface area contributed by atoms with Gasteiger partial charge < -0.3 is 9.80 Å². The first-order chi connectivity index (χ1) is 17.2. The summed E-state index contributed by atoms with van der Waals surface area (Å²) in [5.41, 5.74) is 2.32. The average molecular weight is 545 g/mol. The van der Waals surface area contributed by atoms with Crippen molar-refractivity contribution in [3.05, 3.63) is 87.9 Å². The van der Waals surface area contributed by atoms with E-state index >= 15 is 0 Å². The third-order valence-electron chi connectivity index (χ3n) is 6.54. The molecule has 2 heterocycles. The fourth-order valence-corrected chi connectivity index (χ4v) is 6.78. The Hall–Kier alpha value is -2.78. The Kier molecular flexibility index (Phi) is 6.87. The van der Waals surface area contributed by atoms with Gasteiger partial charge >= 0.3 is 6.03 Å². The SMILES string of the molecule is CN1CCN(c2cc(Cl)cc3c2S(=O)(=O)N(Cc2cccc(Cl)c2)C(=O)N3Cc2ccccc2)CC1. The van der Waals surface area contributed by atoms with Crippen LogP contribution in [0, 0.1) is 0 Å². The largest absolute Gasteiger partial charge is 0.368 e. The summed E-state index contributed by atoms with van der Waals surface area (Å²) < 4.78 is 29.2. The number of carbonyl (C=O) groups is 1. The molecule has 0 N–H and O–H groups in total. The van der Waals surface area contributed by atoms with Crippen molar-refractivity contribution in [2.45, 2.75) is 18.0 Å². The minimum absolute atomic E-state index is 0.106. The Balaban J connectivity index is 1.66. The van der Waals surface area contributed by atoms with Crippen molar-refractivity contribution in [2.24, 2.45) is 0 Å². The van der Waals surface area contributed by atoms with Crippen LogP contribution in [0.2, 0.25) is 10.0 Å². The lowest BCUT2D eigenvalue weighted by Crippen LogP contribution is -2.51. The second-order valence-corrected chi connectivity index (χ2v) is 11.7. The molecule has 36 heavy (non-hydrogen) atoms. The van der Waals surface area contributed by atoms with Crippen LogP contribution in [0.3, 0.4) is 0 Å². The Bertz CT molecular complexity index is 1390. The summed E-state index contributed by atoms with van der Waals surface area (Å²) in [5.74, 6) is 0. The molecular formula is C26H26Cl2N4O3S. The van der Waals surface area contributed by atoms with Crippen LogP contribution in [-0.2, 0) is 23.1 Å². The molecule has 0 unspecified atom stereocenters. The number of carbonyl (C=O) groups excluding carboxylic acids is 1. The van der Waals surface area contributed by atoms with Crippen LogP contribution >= 0.6 is 23.2 Å². The molecule has 0 atom stereocenters. The molecule has 10 heteroatoms. The first-order valence-corrected chi connectivity index (χ1v) is 13.8. The number of sulfonamides is 1. The molecule has 0 aromatic heterocycles. The van der Waals surface area contributed by atoms with E-state index in [0.717, 1.165) is 23.0 Å². The van der Waals surface area contributed by atoms with Gasteiger partial charge in [-0.05, 0) is 42.4 Å². The Morgan fingerprint density at radius 1 is 0.778 bits per heavy atom. The highest BCUT2D eigenvalue weighted by atomic mass is 35.5. The fraction of sp³-hybridized carbons (Fsp3) is 0.269. The van der Waals surface area contributed by atoms with E-state index in [1.165, 1.54) is 4.90 Å². The van der Waals surface area contributed by atoms with Crippen LogP contribution in [0.4, 0.5) is 16.2 Å². The van der Waals surface area contributed by atoms with Crippen LogP contribution in [0.25, 0.3) is 0 Å². The topological polar surface area (TPSA) is 64.2 Å². The molecule has 0 bridgehead atoms. The quantitative estimate of drug-likeness (QED) is 0.448. The standard InChI is InChI=1S/C26H26Cl2N4O3S/c1-29-10-12-30(13-11-29)23-15-22(28)16-24-25(23)36(34,35)32(18-20-8-5-9-21(27)14-20)26(33)31(24)17-19-6-3-2-4-7-19/h2-9,14-16H,10-13,17-18H2,1H3. The second-order valence-electron chi connectivity index (χ2n) is 9.06. The van der Waals surface area contributed by atoms with Crippen molar-refractivity contribution >= 4 is 50.6 Å². The van der Waals surface area contributed by atoms with Crippen molar-refractivity contribution in [1.82, 2.24) is 9.21 Å². The van der Waals surface area contributed by atoms with Crippen LogP contribution in [0.15, 0.2) is 71.6 Å². The molecule has 0 radical (unpaired) electrons. The normalized spacial score (nSPS) is 17.9. The zero-order valence-electron chi connectivity index (χ0n) is 19.8. The van der Waals surface area contributed by atoms with E-state index in [9.17, 15) is 13.2 Å². The van der Waals surface area contributed by atoms with Crippen LogP contribution < -0.4 is 9.80 Å². The van der Waals surface area contributed by atoms with E-state index in [0.29, 0.717) is 40.1 Å². The van der Waals surface area contributed by atoms with Crippen molar-refractivity contribution in [3.8, 4) is 0 Å². The highest BCUT2D eigenvalue weighted by Crippen LogP contribution is 2.44. The molecule has 1 fully saturated rings. The zero-order valence-corrected chi connectivity index (χ0v) is 22.1. The van der Waals surface area contributed by atoms with Crippen molar-refractivity contribution in [2.75, 3.05) is 43.0 Å². The summed E-state index contributed by atoms with van der Waals surface area (Å²) in [4.78, 5) is 19.7. The molecule has 1 saturated heterocycles. The number of amides is 2. The number of urea groups is 1. The summed E-state index contributed by atoms with van der Waals surface area (Å²) >= 11 is 12.7. The van der Waals surface area contributed by atoms with E-state index in [-0.39, 0.29) is 18.0 Å². The summed E-state index contributed by atoms with van der Waals surface area (Å²) in [6.07, 6.45) is 0. The first kappa shape index (κ1) is 24.9. The lowest BCUT2D eigenvalue weighted by Gasteiger charge is -2.40. The van der Waals surface area contributed by atoms with Gasteiger partial charge in [0, 0.05) is 36.2 Å². The van der Waals surface area contributed by atoms with Gasteiger partial charge in [-0.15, -0.1) is 0 Å². The first-order valence-electron chi connectivity index (χ1n) is 11.6. The molecule has 0 spiro atoms. The zero-order chi connectivity index (χ0) is 25.4. The number of likely N-dealkylation sites (N-methyl/N-ethyl adjacent to an activating group) is 1. The molecule has 2 aliphatic rings. The smallest absolute Gasteiger partial charge is 0.339 e. The molecule has 0 saturated carbocycles. The third-order valence-corrected chi connectivity index (χ3v) is 8.79. The number of halogens is 2. The van der Waals surface area contributed by atoms with Gasteiger partial charge in [-0.25, -0.2) is 17.5 Å². The fourth-order valence-electron chi connectivity index (χ4n) is 4.64. The number of nitrogens with zero attached hydrogens (tertiary/aromatic N) is 4. The number of benzene rings is 3. The lowest BCUT2D eigenvalue weighted by atomic mass is 10.1. The maximum Gasteiger partial charge on any atom is 0.339 e. The minimum atomic E-state index is -4.19. The Morgan fingerprint density at radius 2 is 1.44 bits per heavy atom. The van der Waals surface area contributed by atoms with Gasteiger partial charge in [0.25, 0.3) is 10.0 Å². The summed E-state index contributed by atoms with van der Waals surface area (Å²) in [6, 6.07) is 19.0. The van der Waals surface area contributed by atoms with E-state index in [4.69, 9.17) is 23.2 Å². The highest BCUT2D eigenvalue weighted by molar-refractivity contribution is 7.90. The predicted octanol–water partition coefficient (Wildman–Crippen LogP) is 5.08. The maximum absolute atomic E-state index is 14.1. The van der Waals surface area contributed by atoms with Gasteiger partial charge in [-0.3, -0.25) is 4.90 Å². The monoisotopic (exact) mass is 544 g/mol. The van der Waals surface area contributed by atoms with Crippen LogP contribution in [0.1, 0.15) is 11.1 Å². The van der Waals surface area contributed by atoms with Gasteiger partial charge in [0.1, 0.15) is 4.90 Å². The summed E-state index contributed by atoms with van der Waals surface area (Å²) in [5, 5.41) is 0.854. The van der Waals surface area contributed by atoms with E-state index in [1.807, 2.05) is 42.3 Å². The van der Waals surface area contributed by atoms with Gasteiger partial charge in [-0.1, -0.05) is 65.7 Å². The summed E-state index contributed by atoms with van der Waals surface area (Å²) in [6.45, 7) is 2.97. The van der Waals surface area contributed by atoms with Crippen LogP contribution in [0.5, 0.6) is 0 Å². The van der Waals surface area contributed by atoms with Crippen molar-refractivity contribution in [3.63, 3.8) is 0 Å². The van der Waals surface area contributed by atoms with Crippen molar-refractivity contribution < 1.29 is 13.2 Å². The maximum atomic E-state index is 14.1. The van der Waals surface area contributed by atoms with E-state index in [1.54, 1.807) is 36.4 Å². The molecule has 7 nitrogen and oxygen atoms in total. The van der Waals surface area contributed by atoms with E-state index in [2.05, 4.69) is 4.90 Å². The summed E-state index contributed by atoms with van der Waals surface area (Å²) in [7, 11) is -2.16. The average Bonchev–Trinajstić information content (AvgIpc) is 2.85. The number of fused-ring (bicyclic) bond motifs is 1. The van der Waals surface area contributed by atoms with Gasteiger partial charge in [0.2, 0.25) is 0 Å². The lowest BCUT2D eigenvalue weighted by molar-refractivity contribution is 0.226. The number of rotatable bonds is 5. The molecule has 5 rings (SSSR count). The Labute approximate surface area is 221 Å². The molecule has 3 aromatic carbocycles. The molecule has 188 valence electrons. The second kappa shape index (κ2) is 9.94. The van der Waals surface area contributed by atoms with Gasteiger partial charge in [0.15, 0.2) is 0 Å². The number of hydrogen-bond acceptors (Lipinski definition) is 5. The number of piperazine rings is 1. The van der Waals surface area contributed by atoms with Gasteiger partial charge in [-0.2, -0.15) is 0 Å². The van der Waals surface area contributed by atoms with Gasteiger partial charge in [0.05, 0.1) is 24.5 Å². The minimum Gasteiger partial charge on any atom is -0.368 e. The third kappa shape index (κ3) is 4.78. The predicted molar refractivity (Wildman–Crippen MR) is 143 cm³/mol. The van der Waals surface area contributed by atoms with Crippen LogP contribution in [-0.4, -0.2) is 56.9 Å². The Morgan fingerprint density at radius 3 is 2.14 bits per heavy atom.